The van der Waals surface area contributed by atoms with Crippen LogP contribution in [0.25, 0.3) is 0 Å². The van der Waals surface area contributed by atoms with Crippen molar-refractivity contribution >= 4 is 17.8 Å². The molecule has 0 heterocycles. The second-order valence-corrected chi connectivity index (χ2v) is 1.42. The van der Waals surface area contributed by atoms with Crippen LogP contribution in [0.4, 0.5) is 4.79 Å². The summed E-state index contributed by atoms with van der Waals surface area (Å²) in [5.41, 5.74) is 0. The zero-order chi connectivity index (χ0) is 7.86. The molecule has 0 saturated heterocycles. The maximum Gasteiger partial charge on any atom is 0.550 e. The maximum absolute atomic E-state index is 9.48. The van der Waals surface area contributed by atoms with Gasteiger partial charge in [-0.3, -0.25) is 0 Å². The van der Waals surface area contributed by atoms with Crippen LogP contribution in [0.2, 0.25) is 0 Å². The molecule has 0 aliphatic carbocycles. The van der Waals surface area contributed by atoms with Crippen molar-refractivity contribution in [2.75, 3.05) is 6.38 Å². The van der Waals surface area contributed by atoms with Crippen LogP contribution in [0, 0.1) is 0 Å². The molecular weight excluding hydrogens is 144 g/mol. The predicted molar refractivity (Wildman–Crippen MR) is 34.1 cm³/mol. The Balaban J connectivity index is 0. The van der Waals surface area contributed by atoms with Crippen LogP contribution in [-0.4, -0.2) is 18.6 Å². The van der Waals surface area contributed by atoms with E-state index in [0.717, 1.165) is 0 Å². The summed E-state index contributed by atoms with van der Waals surface area (Å²) in [7, 11) is 0. The highest BCUT2D eigenvalue weighted by Crippen LogP contribution is 1.86. The number of carbonyl (C=O) groups excluding carboxylic acids is 1. The van der Waals surface area contributed by atoms with E-state index in [-0.39, 0.29) is 6.10 Å². The molecule has 55 valence electrons. The van der Waals surface area contributed by atoms with E-state index in [9.17, 15) is 9.90 Å². The Morgan fingerprint density at radius 3 is 1.78 bits per heavy atom. The molecule has 0 fully saturated rings. The molecule has 0 amide bonds. The minimum atomic E-state index is -1.46. The monoisotopic (exact) mass is 153 g/mol. The second-order valence-electron chi connectivity index (χ2n) is 1.42. The van der Waals surface area contributed by atoms with E-state index in [4.69, 9.17) is 0 Å². The van der Waals surface area contributed by atoms with Crippen LogP contribution >= 0.6 is 11.6 Å². The van der Waals surface area contributed by atoms with Crippen molar-refractivity contribution in [2.24, 2.45) is 0 Å². The maximum atomic E-state index is 9.48. The molecule has 9 heavy (non-hydrogen) atoms. The van der Waals surface area contributed by atoms with Gasteiger partial charge in [0.2, 0.25) is 0 Å². The van der Waals surface area contributed by atoms with Gasteiger partial charge in [0, 0.05) is 6.38 Å². The fourth-order valence-electron chi connectivity index (χ4n) is 0.192. The van der Waals surface area contributed by atoms with E-state index >= 15 is 0 Å². The molecule has 0 spiro atoms. The number of rotatable bonds is 1. The highest BCUT2D eigenvalue weighted by molar-refractivity contribution is 6.15. The third-order valence-corrected chi connectivity index (χ3v) is 0.332. The molecule has 0 bridgehead atoms. The van der Waals surface area contributed by atoms with Crippen molar-refractivity contribution in [2.45, 2.75) is 20.0 Å². The van der Waals surface area contributed by atoms with Gasteiger partial charge in [0.15, 0.2) is 0 Å². The average Bonchev–Trinajstić information content (AvgIpc) is 1.68. The lowest BCUT2D eigenvalue weighted by Crippen LogP contribution is -2.06. The van der Waals surface area contributed by atoms with Crippen LogP contribution in [0.15, 0.2) is 0 Å². The fraction of sp³-hybridized carbons (Fsp3) is 0.800. The lowest BCUT2D eigenvalue weighted by molar-refractivity contribution is 0.0447. The van der Waals surface area contributed by atoms with E-state index in [0.29, 0.717) is 0 Å². The molecule has 0 N–H and O–H groups in total. The minimum Gasteiger partial charge on any atom is -0.429 e. The summed E-state index contributed by atoms with van der Waals surface area (Å²) in [4.78, 5) is 9.48. The lowest BCUT2D eigenvalue weighted by atomic mass is 10.5. The highest BCUT2D eigenvalue weighted by Gasteiger charge is 2.00. The average molecular weight is 154 g/mol. The quantitative estimate of drug-likeness (QED) is 0.426. The Morgan fingerprint density at radius 1 is 1.44 bits per heavy atom. The second kappa shape index (κ2) is 7.56. The van der Waals surface area contributed by atoms with Gasteiger partial charge in [-0.05, 0) is 13.8 Å². The van der Waals surface area contributed by atoms with Crippen LogP contribution in [0.5, 0.6) is 0 Å². The number of hydrogen-bond acceptors (Lipinski definition) is 2. The third-order valence-electron chi connectivity index (χ3n) is 0.332. The zero-order valence-electron chi connectivity index (χ0n) is 5.68. The van der Waals surface area contributed by atoms with Crippen molar-refractivity contribution < 1.29 is 14.6 Å². The van der Waals surface area contributed by atoms with Crippen LogP contribution in [0.1, 0.15) is 13.8 Å². The Morgan fingerprint density at radius 2 is 1.78 bits per heavy atom. The van der Waals surface area contributed by atoms with Gasteiger partial charge in [-0.2, -0.15) is 9.90 Å². The van der Waals surface area contributed by atoms with Crippen molar-refractivity contribution in [1.82, 2.24) is 0 Å². The van der Waals surface area contributed by atoms with Gasteiger partial charge < -0.3 is 4.74 Å². The standard InChI is InChI=1S/C4H7O3.CH3Cl/c1-3(2)7-4(5)6;1-2/h3H,1-2H3;1H3. The van der Waals surface area contributed by atoms with Gasteiger partial charge in [-0.25, -0.2) is 0 Å². The van der Waals surface area contributed by atoms with Crippen LogP contribution < -0.4 is 0 Å². The van der Waals surface area contributed by atoms with E-state index in [1.54, 1.807) is 13.8 Å². The summed E-state index contributed by atoms with van der Waals surface area (Å²) in [5.74, 6) is 0. The molecule has 0 aliphatic rings. The molecule has 0 rings (SSSR count). The molecule has 0 aliphatic heterocycles. The summed E-state index contributed by atoms with van der Waals surface area (Å²) in [6, 6.07) is 0. The van der Waals surface area contributed by atoms with Gasteiger partial charge in [0.25, 0.3) is 0 Å². The molecule has 0 aromatic rings. The molecule has 4 heteroatoms. The fourth-order valence-corrected chi connectivity index (χ4v) is 0.192. The summed E-state index contributed by atoms with van der Waals surface area (Å²) in [5, 5.41) is 9.48. The topological polar surface area (TPSA) is 46.2 Å². The summed E-state index contributed by atoms with van der Waals surface area (Å²) < 4.78 is 4.06. The summed E-state index contributed by atoms with van der Waals surface area (Å²) in [6.45, 7) is 3.24. The summed E-state index contributed by atoms with van der Waals surface area (Å²) >= 11 is 4.64. The van der Waals surface area contributed by atoms with E-state index in [2.05, 4.69) is 16.3 Å². The van der Waals surface area contributed by atoms with Crippen molar-refractivity contribution in [3.05, 3.63) is 0 Å². The predicted octanol–water partition coefficient (Wildman–Crippen LogP) is 1.82. The first-order chi connectivity index (χ1) is 4.13. The molecule has 0 atom stereocenters. The lowest BCUT2D eigenvalue weighted by Gasteiger charge is -1.97. The van der Waals surface area contributed by atoms with Gasteiger partial charge in [0.1, 0.15) is 0 Å². The van der Waals surface area contributed by atoms with Gasteiger partial charge in [-0.15, -0.1) is 11.6 Å². The Hall–Kier alpha value is -0.440. The molecule has 0 saturated carbocycles. The molecule has 0 unspecified atom stereocenters. The van der Waals surface area contributed by atoms with Crippen LogP contribution in [-0.2, 0) is 9.84 Å². The zero-order valence-corrected chi connectivity index (χ0v) is 6.44. The van der Waals surface area contributed by atoms with E-state index < -0.39 is 6.16 Å². The molecule has 0 aromatic heterocycles. The minimum absolute atomic E-state index is 0.287. The number of alkyl halides is 1. The number of ether oxygens (including phenoxy) is 1. The molecular formula is C5H10ClO3. The largest absolute Gasteiger partial charge is 0.550 e. The van der Waals surface area contributed by atoms with Crippen LogP contribution in [0.3, 0.4) is 0 Å². The molecule has 3 nitrogen and oxygen atoms in total. The first kappa shape index (κ1) is 11.4. The number of hydrogen-bond donors (Lipinski definition) is 0. The number of halogens is 1. The molecule has 0 aromatic carbocycles. The highest BCUT2D eigenvalue weighted by atomic mass is 35.5. The third kappa shape index (κ3) is 18.4. The van der Waals surface area contributed by atoms with Crippen molar-refractivity contribution in [3.63, 3.8) is 0 Å². The SMILES string of the molecule is CC(C)OC([O])=O.CCl. The smallest absolute Gasteiger partial charge is 0.429 e. The molecule has 1 radical (unpaired) electrons. The van der Waals surface area contributed by atoms with E-state index in [1.807, 2.05) is 0 Å². The van der Waals surface area contributed by atoms with Crippen molar-refractivity contribution in [1.29, 1.82) is 0 Å². The Labute approximate surface area is 59.6 Å². The Kier molecular flexibility index (Phi) is 9.55. The van der Waals surface area contributed by atoms with Gasteiger partial charge in [-0.1, -0.05) is 0 Å². The van der Waals surface area contributed by atoms with Gasteiger partial charge in [0.05, 0.1) is 6.10 Å². The first-order valence-corrected chi connectivity index (χ1v) is 3.14. The summed E-state index contributed by atoms with van der Waals surface area (Å²) in [6.07, 6.45) is -0.278. The van der Waals surface area contributed by atoms with Crippen molar-refractivity contribution in [3.8, 4) is 0 Å². The van der Waals surface area contributed by atoms with Gasteiger partial charge >= 0.3 is 6.16 Å². The normalized spacial score (nSPS) is 7.67. The Bertz CT molecular complexity index is 72.6. The number of carbonyl (C=O) groups is 1. The van der Waals surface area contributed by atoms with E-state index in [1.165, 1.54) is 6.38 Å². The first-order valence-electron chi connectivity index (χ1n) is 2.38.